The van der Waals surface area contributed by atoms with Crippen LogP contribution in [0.4, 0.5) is 0 Å². The molecule has 1 nitrogen and oxygen atoms in total. The molecule has 0 heterocycles. The quantitative estimate of drug-likeness (QED) is 0.578. The van der Waals surface area contributed by atoms with Crippen molar-refractivity contribution in [3.8, 4) is 0 Å². The highest BCUT2D eigenvalue weighted by Crippen LogP contribution is 2.38. The van der Waals surface area contributed by atoms with E-state index in [9.17, 15) is 4.79 Å². The smallest absolute Gasteiger partial charge is 0.185 e. The molecule has 1 aliphatic carbocycles. The number of carbonyl (C=O) groups is 1. The van der Waals surface area contributed by atoms with Crippen molar-refractivity contribution in [2.45, 2.75) is 13.3 Å². The molecule has 1 saturated carbocycles. The van der Waals surface area contributed by atoms with Crippen LogP contribution in [0.1, 0.15) is 23.7 Å². The van der Waals surface area contributed by atoms with Crippen LogP contribution in [-0.2, 0) is 0 Å². The van der Waals surface area contributed by atoms with Crippen molar-refractivity contribution >= 4 is 29.0 Å². The molecular formula is C13H12Cl2O. The highest BCUT2D eigenvalue weighted by Gasteiger charge is 2.29. The van der Waals surface area contributed by atoms with Crippen LogP contribution in [-0.4, -0.2) is 5.78 Å². The molecule has 0 aliphatic heterocycles. The van der Waals surface area contributed by atoms with Gasteiger partial charge in [-0.3, -0.25) is 4.79 Å². The first-order valence-electron chi connectivity index (χ1n) is 5.25. The van der Waals surface area contributed by atoms with Crippen molar-refractivity contribution in [2.24, 2.45) is 11.8 Å². The number of carbonyl (C=O) groups excluding carboxylic acids is 1. The molecule has 0 radical (unpaired) electrons. The summed E-state index contributed by atoms with van der Waals surface area (Å²) in [4.78, 5) is 11.8. The summed E-state index contributed by atoms with van der Waals surface area (Å²) in [5.74, 6) is 1.28. The summed E-state index contributed by atoms with van der Waals surface area (Å²) in [6.07, 6.45) is 4.80. The normalized spacial score (nSPS) is 23.7. The van der Waals surface area contributed by atoms with Gasteiger partial charge in [0.25, 0.3) is 0 Å². The fourth-order valence-electron chi connectivity index (χ4n) is 1.58. The molecule has 1 aromatic rings. The summed E-state index contributed by atoms with van der Waals surface area (Å²) in [7, 11) is 0. The summed E-state index contributed by atoms with van der Waals surface area (Å²) in [5.41, 5.74) is 0.582. The summed E-state index contributed by atoms with van der Waals surface area (Å²) in [5, 5.41) is 0.888. The lowest BCUT2D eigenvalue weighted by Gasteiger charge is -1.98. The Balaban J connectivity index is 2.08. The lowest BCUT2D eigenvalue weighted by atomic mass is 10.1. The maximum atomic E-state index is 11.8. The first kappa shape index (κ1) is 11.7. The Labute approximate surface area is 105 Å². The molecule has 2 atom stereocenters. The van der Waals surface area contributed by atoms with Crippen LogP contribution in [0, 0.1) is 11.8 Å². The van der Waals surface area contributed by atoms with Crippen LogP contribution in [0.15, 0.2) is 30.4 Å². The Morgan fingerprint density at radius 3 is 2.62 bits per heavy atom. The minimum absolute atomic E-state index is 0.0160. The van der Waals surface area contributed by atoms with Gasteiger partial charge in [-0.15, -0.1) is 0 Å². The zero-order chi connectivity index (χ0) is 11.7. The lowest BCUT2D eigenvalue weighted by Crippen LogP contribution is -1.94. The fourth-order valence-corrected chi connectivity index (χ4v) is 1.87. The molecule has 0 amide bonds. The molecular weight excluding hydrogens is 243 g/mol. The van der Waals surface area contributed by atoms with E-state index in [1.807, 2.05) is 6.08 Å². The van der Waals surface area contributed by atoms with Crippen LogP contribution >= 0.6 is 23.2 Å². The molecule has 0 bridgehead atoms. The predicted octanol–water partition coefficient (Wildman–Crippen LogP) is 4.39. The third-order valence-electron chi connectivity index (χ3n) is 2.87. The van der Waals surface area contributed by atoms with E-state index in [1.54, 1.807) is 24.3 Å². The van der Waals surface area contributed by atoms with Gasteiger partial charge in [-0.05, 0) is 42.5 Å². The third-order valence-corrected chi connectivity index (χ3v) is 3.61. The van der Waals surface area contributed by atoms with Gasteiger partial charge in [0.1, 0.15) is 0 Å². The Bertz CT molecular complexity index is 451. The number of hydrogen-bond acceptors (Lipinski definition) is 1. The molecule has 1 fully saturated rings. The van der Waals surface area contributed by atoms with E-state index in [2.05, 4.69) is 6.92 Å². The summed E-state index contributed by atoms with van der Waals surface area (Å²) >= 11 is 11.6. The van der Waals surface area contributed by atoms with Crippen LogP contribution in [0.3, 0.4) is 0 Å². The maximum Gasteiger partial charge on any atom is 0.185 e. The number of rotatable bonds is 3. The van der Waals surface area contributed by atoms with Crippen molar-refractivity contribution in [3.05, 3.63) is 46.0 Å². The molecule has 84 valence electrons. The lowest BCUT2D eigenvalue weighted by molar-refractivity contribution is 0.104. The van der Waals surface area contributed by atoms with E-state index in [-0.39, 0.29) is 5.78 Å². The van der Waals surface area contributed by atoms with Crippen molar-refractivity contribution in [2.75, 3.05) is 0 Å². The molecule has 1 aromatic carbocycles. The van der Waals surface area contributed by atoms with Gasteiger partial charge in [-0.2, -0.15) is 0 Å². The van der Waals surface area contributed by atoms with Crippen LogP contribution in [0.2, 0.25) is 10.0 Å². The van der Waals surface area contributed by atoms with Gasteiger partial charge < -0.3 is 0 Å². The standard InChI is InChI=1S/C13H12Cl2O/c1-8-6-9(8)3-5-13(16)10-2-4-11(14)12(15)7-10/h2-5,7-9H,6H2,1H3/b5-3+/t8-,9?/m0/s1. The second-order valence-corrected chi connectivity index (χ2v) is 5.04. The minimum Gasteiger partial charge on any atom is -0.289 e. The van der Waals surface area contributed by atoms with E-state index >= 15 is 0 Å². The molecule has 1 unspecified atom stereocenters. The monoisotopic (exact) mass is 254 g/mol. The van der Waals surface area contributed by atoms with Crippen LogP contribution < -0.4 is 0 Å². The van der Waals surface area contributed by atoms with Gasteiger partial charge in [-0.1, -0.05) is 36.2 Å². The number of allylic oxidation sites excluding steroid dienone is 2. The first-order chi connectivity index (χ1) is 7.58. The number of benzene rings is 1. The molecule has 0 saturated heterocycles. The zero-order valence-electron chi connectivity index (χ0n) is 8.91. The molecule has 0 aromatic heterocycles. The van der Waals surface area contributed by atoms with Crippen molar-refractivity contribution in [1.82, 2.24) is 0 Å². The summed E-state index contributed by atoms with van der Waals surface area (Å²) < 4.78 is 0. The van der Waals surface area contributed by atoms with Crippen LogP contribution in [0.25, 0.3) is 0 Å². The van der Waals surface area contributed by atoms with E-state index < -0.39 is 0 Å². The molecule has 0 N–H and O–H groups in total. The summed E-state index contributed by atoms with van der Waals surface area (Å²) in [6, 6.07) is 4.94. The largest absolute Gasteiger partial charge is 0.289 e. The van der Waals surface area contributed by atoms with Gasteiger partial charge in [0.15, 0.2) is 5.78 Å². The fraction of sp³-hybridized carbons (Fsp3) is 0.308. The average molecular weight is 255 g/mol. The van der Waals surface area contributed by atoms with Crippen molar-refractivity contribution in [3.63, 3.8) is 0 Å². The average Bonchev–Trinajstić information content (AvgIpc) is 2.95. The van der Waals surface area contributed by atoms with E-state index in [0.29, 0.717) is 21.5 Å². The molecule has 0 spiro atoms. The SMILES string of the molecule is C[C@H]1CC1/C=C/C(=O)c1ccc(Cl)c(Cl)c1. The summed E-state index contributed by atoms with van der Waals surface area (Å²) in [6.45, 7) is 2.18. The Kier molecular flexibility index (Phi) is 3.36. The maximum absolute atomic E-state index is 11.8. The Morgan fingerprint density at radius 2 is 2.06 bits per heavy atom. The molecule has 1 aliphatic rings. The van der Waals surface area contributed by atoms with E-state index in [4.69, 9.17) is 23.2 Å². The molecule has 3 heteroatoms. The zero-order valence-corrected chi connectivity index (χ0v) is 10.4. The highest BCUT2D eigenvalue weighted by atomic mass is 35.5. The number of hydrogen-bond donors (Lipinski definition) is 0. The second-order valence-electron chi connectivity index (χ2n) is 4.23. The van der Waals surface area contributed by atoms with E-state index in [0.717, 1.165) is 5.92 Å². The van der Waals surface area contributed by atoms with Gasteiger partial charge in [0.05, 0.1) is 10.0 Å². The Morgan fingerprint density at radius 1 is 1.38 bits per heavy atom. The van der Waals surface area contributed by atoms with Gasteiger partial charge in [0, 0.05) is 5.56 Å². The topological polar surface area (TPSA) is 17.1 Å². The van der Waals surface area contributed by atoms with Crippen molar-refractivity contribution in [1.29, 1.82) is 0 Å². The molecule has 2 rings (SSSR count). The first-order valence-corrected chi connectivity index (χ1v) is 6.01. The third kappa shape index (κ3) is 2.66. The number of halogens is 2. The van der Waals surface area contributed by atoms with Gasteiger partial charge >= 0.3 is 0 Å². The van der Waals surface area contributed by atoms with E-state index in [1.165, 1.54) is 6.42 Å². The van der Waals surface area contributed by atoms with Gasteiger partial charge in [-0.25, -0.2) is 0 Å². The van der Waals surface area contributed by atoms with Crippen molar-refractivity contribution < 1.29 is 4.79 Å². The van der Waals surface area contributed by atoms with Gasteiger partial charge in [0.2, 0.25) is 0 Å². The number of ketones is 1. The van der Waals surface area contributed by atoms with Crippen LogP contribution in [0.5, 0.6) is 0 Å². The molecule has 16 heavy (non-hydrogen) atoms. The predicted molar refractivity (Wildman–Crippen MR) is 67.2 cm³/mol. The Hall–Kier alpha value is -0.790. The minimum atomic E-state index is -0.0160. The highest BCUT2D eigenvalue weighted by molar-refractivity contribution is 6.42. The second kappa shape index (κ2) is 4.60.